The van der Waals surface area contributed by atoms with Crippen molar-refractivity contribution in [2.75, 3.05) is 14.2 Å². The molecule has 0 N–H and O–H groups in total. The van der Waals surface area contributed by atoms with Crippen LogP contribution in [0.3, 0.4) is 0 Å². The van der Waals surface area contributed by atoms with E-state index in [1.165, 1.54) is 0 Å². The van der Waals surface area contributed by atoms with Gasteiger partial charge < -0.3 is 14.4 Å². The molecule has 4 nitrogen and oxygen atoms in total. The minimum Gasteiger partial charge on any atom is -0.493 e. The Hall–Kier alpha value is -2.49. The van der Waals surface area contributed by atoms with Crippen molar-refractivity contribution >= 4 is 5.91 Å². The molecule has 0 aromatic heterocycles. The van der Waals surface area contributed by atoms with Crippen LogP contribution in [-0.2, 0) is 16.8 Å². The molecule has 138 valence electrons. The van der Waals surface area contributed by atoms with E-state index < -0.39 is 5.41 Å². The number of hydrogen-bond acceptors (Lipinski definition) is 3. The van der Waals surface area contributed by atoms with Gasteiger partial charge in [-0.3, -0.25) is 4.79 Å². The molecule has 0 bridgehead atoms. The van der Waals surface area contributed by atoms with Crippen molar-refractivity contribution in [3.8, 4) is 11.5 Å². The Bertz CT molecular complexity index is 766. The van der Waals surface area contributed by atoms with Crippen molar-refractivity contribution in [3.05, 3.63) is 59.7 Å². The van der Waals surface area contributed by atoms with Gasteiger partial charge in [0.1, 0.15) is 0 Å². The SMILES string of the molecule is COc1ccc(C2(C(=O)N(Cc3ccccc3)C(C)C)CC2)cc1OC. The highest BCUT2D eigenvalue weighted by atomic mass is 16.5. The third kappa shape index (κ3) is 3.41. The van der Waals surface area contributed by atoms with E-state index >= 15 is 0 Å². The smallest absolute Gasteiger partial charge is 0.233 e. The number of carbonyl (C=O) groups is 1. The van der Waals surface area contributed by atoms with Crippen molar-refractivity contribution in [1.29, 1.82) is 0 Å². The molecule has 3 rings (SSSR count). The van der Waals surface area contributed by atoms with E-state index in [1.807, 2.05) is 41.3 Å². The number of benzene rings is 2. The van der Waals surface area contributed by atoms with E-state index in [4.69, 9.17) is 9.47 Å². The maximum atomic E-state index is 13.5. The first-order valence-electron chi connectivity index (χ1n) is 9.09. The second-order valence-electron chi connectivity index (χ2n) is 7.16. The number of nitrogens with zero attached hydrogens (tertiary/aromatic N) is 1. The van der Waals surface area contributed by atoms with Crippen LogP contribution < -0.4 is 9.47 Å². The molecule has 0 saturated heterocycles. The number of amides is 1. The van der Waals surface area contributed by atoms with Crippen molar-refractivity contribution in [2.45, 2.75) is 44.7 Å². The van der Waals surface area contributed by atoms with Gasteiger partial charge in [0.25, 0.3) is 0 Å². The summed E-state index contributed by atoms with van der Waals surface area (Å²) in [6, 6.07) is 16.1. The summed E-state index contributed by atoms with van der Waals surface area (Å²) in [7, 11) is 3.24. The molecule has 0 spiro atoms. The molecule has 0 radical (unpaired) electrons. The lowest BCUT2D eigenvalue weighted by atomic mass is 9.93. The van der Waals surface area contributed by atoms with Crippen molar-refractivity contribution in [3.63, 3.8) is 0 Å². The third-order valence-electron chi connectivity index (χ3n) is 5.18. The number of hydrogen-bond donors (Lipinski definition) is 0. The van der Waals surface area contributed by atoms with Crippen LogP contribution in [0.1, 0.15) is 37.8 Å². The maximum Gasteiger partial charge on any atom is 0.233 e. The normalized spacial score (nSPS) is 14.8. The van der Waals surface area contributed by atoms with Gasteiger partial charge in [0, 0.05) is 12.6 Å². The molecule has 2 aromatic carbocycles. The van der Waals surface area contributed by atoms with Gasteiger partial charge >= 0.3 is 0 Å². The predicted molar refractivity (Wildman–Crippen MR) is 103 cm³/mol. The molecule has 1 aliphatic carbocycles. The molecular weight excluding hydrogens is 326 g/mol. The second kappa shape index (κ2) is 7.40. The van der Waals surface area contributed by atoms with Gasteiger partial charge in [-0.05, 0) is 49.9 Å². The summed E-state index contributed by atoms with van der Waals surface area (Å²) in [5.74, 6) is 1.55. The first-order chi connectivity index (χ1) is 12.5. The molecule has 0 atom stereocenters. The second-order valence-corrected chi connectivity index (χ2v) is 7.16. The Morgan fingerprint density at radius 3 is 2.23 bits per heavy atom. The summed E-state index contributed by atoms with van der Waals surface area (Å²) in [5, 5.41) is 0. The van der Waals surface area contributed by atoms with Gasteiger partial charge in [-0.2, -0.15) is 0 Å². The lowest BCUT2D eigenvalue weighted by Gasteiger charge is -2.31. The molecule has 1 saturated carbocycles. The topological polar surface area (TPSA) is 38.8 Å². The average Bonchev–Trinajstić information content (AvgIpc) is 3.47. The zero-order chi connectivity index (χ0) is 18.7. The average molecular weight is 353 g/mol. The fourth-order valence-corrected chi connectivity index (χ4v) is 3.43. The minimum absolute atomic E-state index is 0.139. The van der Waals surface area contributed by atoms with Crippen LogP contribution in [0.2, 0.25) is 0 Å². The number of rotatable bonds is 7. The highest BCUT2D eigenvalue weighted by molar-refractivity contribution is 5.91. The van der Waals surface area contributed by atoms with E-state index in [0.717, 1.165) is 24.0 Å². The van der Waals surface area contributed by atoms with Crippen molar-refractivity contribution in [1.82, 2.24) is 4.90 Å². The molecule has 0 aliphatic heterocycles. The fraction of sp³-hybridized carbons (Fsp3) is 0.409. The largest absolute Gasteiger partial charge is 0.493 e. The zero-order valence-corrected chi connectivity index (χ0v) is 16.0. The van der Waals surface area contributed by atoms with Crippen LogP contribution >= 0.6 is 0 Å². The summed E-state index contributed by atoms with van der Waals surface area (Å²) in [5.41, 5.74) is 1.73. The number of ether oxygens (including phenoxy) is 2. The van der Waals surface area contributed by atoms with Crippen LogP contribution in [0.4, 0.5) is 0 Å². The molecule has 0 unspecified atom stereocenters. The standard InChI is InChI=1S/C22H27NO3/c1-16(2)23(15-17-8-6-5-7-9-17)21(24)22(12-13-22)18-10-11-19(25-3)20(14-18)26-4/h5-11,14,16H,12-13,15H2,1-4H3. The Labute approximate surface area is 155 Å². The lowest BCUT2D eigenvalue weighted by Crippen LogP contribution is -2.43. The van der Waals surface area contributed by atoms with Gasteiger partial charge in [0.2, 0.25) is 5.91 Å². The van der Waals surface area contributed by atoms with Crippen molar-refractivity contribution in [2.24, 2.45) is 0 Å². The Morgan fingerprint density at radius 1 is 1.04 bits per heavy atom. The molecule has 1 fully saturated rings. The van der Waals surface area contributed by atoms with Gasteiger partial charge in [0.05, 0.1) is 19.6 Å². The van der Waals surface area contributed by atoms with Gasteiger partial charge in [-0.15, -0.1) is 0 Å². The Balaban J connectivity index is 1.89. The van der Waals surface area contributed by atoms with E-state index in [1.54, 1.807) is 14.2 Å². The Morgan fingerprint density at radius 2 is 1.69 bits per heavy atom. The summed E-state index contributed by atoms with van der Waals surface area (Å²) in [6.07, 6.45) is 1.75. The van der Waals surface area contributed by atoms with Gasteiger partial charge in [-0.25, -0.2) is 0 Å². The fourth-order valence-electron chi connectivity index (χ4n) is 3.43. The molecule has 26 heavy (non-hydrogen) atoms. The quantitative estimate of drug-likeness (QED) is 0.750. The first kappa shape index (κ1) is 18.3. The van der Waals surface area contributed by atoms with E-state index in [2.05, 4.69) is 26.0 Å². The molecule has 2 aromatic rings. The summed E-state index contributed by atoms with van der Waals surface area (Å²) in [4.78, 5) is 15.5. The highest BCUT2D eigenvalue weighted by Crippen LogP contribution is 2.51. The minimum atomic E-state index is -0.432. The summed E-state index contributed by atoms with van der Waals surface area (Å²) in [6.45, 7) is 4.78. The lowest BCUT2D eigenvalue weighted by molar-refractivity contribution is -0.136. The molecule has 1 amide bonds. The van der Waals surface area contributed by atoms with Crippen LogP contribution in [0.15, 0.2) is 48.5 Å². The monoisotopic (exact) mass is 353 g/mol. The van der Waals surface area contributed by atoms with E-state index in [-0.39, 0.29) is 11.9 Å². The van der Waals surface area contributed by atoms with Crippen LogP contribution in [0.25, 0.3) is 0 Å². The predicted octanol–water partition coefficient (Wildman–Crippen LogP) is 4.17. The van der Waals surface area contributed by atoms with E-state index in [0.29, 0.717) is 18.0 Å². The molecule has 0 heterocycles. The molecule has 1 aliphatic rings. The number of carbonyl (C=O) groups excluding carboxylic acids is 1. The molecular formula is C22H27NO3. The van der Waals surface area contributed by atoms with E-state index in [9.17, 15) is 4.79 Å². The third-order valence-corrected chi connectivity index (χ3v) is 5.18. The van der Waals surface area contributed by atoms with Gasteiger partial charge in [-0.1, -0.05) is 36.4 Å². The van der Waals surface area contributed by atoms with Crippen LogP contribution in [0, 0.1) is 0 Å². The first-order valence-corrected chi connectivity index (χ1v) is 9.09. The Kier molecular flexibility index (Phi) is 5.21. The van der Waals surface area contributed by atoms with Crippen molar-refractivity contribution < 1.29 is 14.3 Å². The van der Waals surface area contributed by atoms with Gasteiger partial charge in [0.15, 0.2) is 11.5 Å². The summed E-state index contributed by atoms with van der Waals surface area (Å²) >= 11 is 0. The maximum absolute atomic E-state index is 13.5. The zero-order valence-electron chi connectivity index (χ0n) is 16.0. The van der Waals surface area contributed by atoms with Crippen LogP contribution in [-0.4, -0.2) is 31.1 Å². The molecule has 4 heteroatoms. The highest BCUT2D eigenvalue weighted by Gasteiger charge is 2.53. The van der Waals surface area contributed by atoms with Crippen LogP contribution in [0.5, 0.6) is 11.5 Å². The number of methoxy groups -OCH3 is 2. The summed E-state index contributed by atoms with van der Waals surface area (Å²) < 4.78 is 10.8.